The van der Waals surface area contributed by atoms with Crippen molar-refractivity contribution >= 4 is 46.0 Å². The summed E-state index contributed by atoms with van der Waals surface area (Å²) in [6, 6.07) is 11.3. The van der Waals surface area contributed by atoms with Crippen molar-refractivity contribution in [2.24, 2.45) is 0 Å². The van der Waals surface area contributed by atoms with E-state index in [0.29, 0.717) is 27.7 Å². The molecular formula is C31H22Cl2F6N2O4. The van der Waals surface area contributed by atoms with Crippen LogP contribution in [-0.2, 0) is 18.8 Å². The van der Waals surface area contributed by atoms with Crippen molar-refractivity contribution in [3.05, 3.63) is 115 Å². The molecule has 1 saturated heterocycles. The predicted molar refractivity (Wildman–Crippen MR) is 154 cm³/mol. The van der Waals surface area contributed by atoms with E-state index in [4.69, 9.17) is 27.6 Å². The molecule has 236 valence electrons. The molecule has 0 bridgehead atoms. The van der Waals surface area contributed by atoms with Crippen LogP contribution in [0.1, 0.15) is 50.4 Å². The molecule has 3 aromatic carbocycles. The van der Waals surface area contributed by atoms with E-state index in [2.05, 4.69) is 5.32 Å². The lowest BCUT2D eigenvalue weighted by atomic mass is 9.91. The molecule has 1 N–H and O–H groups in total. The molecule has 45 heavy (non-hydrogen) atoms. The van der Waals surface area contributed by atoms with E-state index in [9.17, 15) is 40.7 Å². The maximum absolute atomic E-state index is 13.6. The van der Waals surface area contributed by atoms with Crippen LogP contribution in [0.5, 0.6) is 0 Å². The smallest absolute Gasteiger partial charge is 0.416 e. The Kier molecular flexibility index (Phi) is 8.92. The van der Waals surface area contributed by atoms with Gasteiger partial charge in [0.1, 0.15) is 5.58 Å². The fourth-order valence-corrected chi connectivity index (χ4v) is 5.57. The third-order valence-electron chi connectivity index (χ3n) is 7.44. The summed E-state index contributed by atoms with van der Waals surface area (Å²) in [6.45, 7) is -0.0974. The van der Waals surface area contributed by atoms with Crippen molar-refractivity contribution in [3.8, 4) is 0 Å². The molecule has 14 heteroatoms. The summed E-state index contributed by atoms with van der Waals surface area (Å²) in [4.78, 5) is 40.4. The van der Waals surface area contributed by atoms with Gasteiger partial charge in [-0.1, -0.05) is 35.3 Å². The number of alkyl halides is 6. The zero-order valence-corrected chi connectivity index (χ0v) is 24.4. The van der Waals surface area contributed by atoms with Crippen molar-refractivity contribution in [3.63, 3.8) is 0 Å². The Hall–Kier alpha value is -4.03. The number of halogens is 8. The zero-order valence-electron chi connectivity index (χ0n) is 22.9. The van der Waals surface area contributed by atoms with Crippen LogP contribution in [0, 0.1) is 0 Å². The normalized spacial score (nSPS) is 17.4. The quantitative estimate of drug-likeness (QED) is 0.220. The maximum atomic E-state index is 13.6. The van der Waals surface area contributed by atoms with E-state index < -0.39 is 58.4 Å². The number of hydrogen-bond acceptors (Lipinski definition) is 4. The van der Waals surface area contributed by atoms with E-state index in [0.717, 1.165) is 6.07 Å². The number of fused-ring (bicyclic) bond motifs is 1. The minimum atomic E-state index is -5.12. The first-order chi connectivity index (χ1) is 21.1. The van der Waals surface area contributed by atoms with Gasteiger partial charge in [-0.2, -0.15) is 26.3 Å². The summed E-state index contributed by atoms with van der Waals surface area (Å²) in [7, 11) is 0. The van der Waals surface area contributed by atoms with Crippen LogP contribution in [0.25, 0.3) is 11.0 Å². The number of likely N-dealkylation sites (tertiary alicyclic amines) is 1. The standard InChI is InChI=1S/C31H22Cl2F6N2O4/c32-20-3-1-16(2-4-20)9-23-14-22(40-28(43)27-15-25(42)24-13-21(33)5-6-26(24)45-27)7-8-41(23)29(44)17-10-18(30(34,35)36)12-19(11-17)31(37,38)39/h1-6,10-13,15,22-23H,7-9,14H2,(H,40,43)/t22-,23+/m0/s1. The summed E-state index contributed by atoms with van der Waals surface area (Å²) in [5.41, 5.74) is -3.64. The molecular weight excluding hydrogens is 649 g/mol. The molecule has 1 fully saturated rings. The number of nitrogens with one attached hydrogen (secondary N) is 1. The van der Waals surface area contributed by atoms with Gasteiger partial charge in [-0.3, -0.25) is 14.4 Å². The predicted octanol–water partition coefficient (Wildman–Crippen LogP) is 7.78. The lowest BCUT2D eigenvalue weighted by molar-refractivity contribution is -0.143. The van der Waals surface area contributed by atoms with Gasteiger partial charge in [0.15, 0.2) is 11.2 Å². The van der Waals surface area contributed by atoms with Gasteiger partial charge in [0.2, 0.25) is 0 Å². The molecule has 0 spiro atoms. The molecule has 1 aromatic heterocycles. The molecule has 4 aromatic rings. The van der Waals surface area contributed by atoms with Crippen molar-refractivity contribution in [2.45, 2.75) is 43.7 Å². The second-order valence-electron chi connectivity index (χ2n) is 10.6. The first-order valence-electron chi connectivity index (χ1n) is 13.5. The Bertz CT molecular complexity index is 1790. The van der Waals surface area contributed by atoms with Crippen LogP contribution in [0.2, 0.25) is 10.0 Å². The van der Waals surface area contributed by atoms with Crippen LogP contribution in [-0.4, -0.2) is 35.3 Å². The number of benzene rings is 3. The Labute approximate surface area is 261 Å². The van der Waals surface area contributed by atoms with Crippen LogP contribution in [0.15, 0.2) is 75.9 Å². The van der Waals surface area contributed by atoms with E-state index >= 15 is 0 Å². The molecule has 5 rings (SSSR count). The van der Waals surface area contributed by atoms with E-state index in [1.165, 1.54) is 23.1 Å². The Morgan fingerprint density at radius 3 is 2.11 bits per heavy atom. The number of hydrogen-bond donors (Lipinski definition) is 1. The Morgan fingerprint density at radius 2 is 1.49 bits per heavy atom. The summed E-state index contributed by atoms with van der Waals surface area (Å²) in [5, 5.41) is 3.68. The molecule has 1 aliphatic heterocycles. The summed E-state index contributed by atoms with van der Waals surface area (Å²) >= 11 is 11.9. The van der Waals surface area contributed by atoms with Crippen molar-refractivity contribution < 1.29 is 40.3 Å². The Balaban J connectivity index is 1.43. The SMILES string of the molecule is O=C(N[C@H]1CCN(C(=O)c2cc(C(F)(F)F)cc(C(F)(F)F)c2)[C@H](Cc2ccc(Cl)cc2)C1)c1cc(=O)c2cc(Cl)ccc2o1. The largest absolute Gasteiger partial charge is 0.451 e. The minimum Gasteiger partial charge on any atom is -0.451 e. The number of carbonyl (C=O) groups is 2. The topological polar surface area (TPSA) is 79.6 Å². The highest BCUT2D eigenvalue weighted by Gasteiger charge is 2.39. The highest BCUT2D eigenvalue weighted by atomic mass is 35.5. The molecule has 1 aliphatic rings. The minimum absolute atomic E-state index is 0.0382. The monoisotopic (exact) mass is 670 g/mol. The van der Waals surface area contributed by atoms with Crippen molar-refractivity contribution in [1.29, 1.82) is 0 Å². The lowest BCUT2D eigenvalue weighted by Crippen LogP contribution is -2.52. The average Bonchev–Trinajstić information content (AvgIpc) is 2.97. The average molecular weight is 671 g/mol. The van der Waals surface area contributed by atoms with E-state index in [1.54, 1.807) is 24.3 Å². The fourth-order valence-electron chi connectivity index (χ4n) is 5.28. The summed E-state index contributed by atoms with van der Waals surface area (Å²) in [6.07, 6.45) is -9.88. The molecule has 2 heterocycles. The van der Waals surface area contributed by atoms with Gasteiger partial charge in [0.05, 0.1) is 16.5 Å². The Morgan fingerprint density at radius 1 is 0.867 bits per heavy atom. The highest BCUT2D eigenvalue weighted by molar-refractivity contribution is 6.31. The summed E-state index contributed by atoms with van der Waals surface area (Å²) in [5.74, 6) is -2.01. The summed E-state index contributed by atoms with van der Waals surface area (Å²) < 4.78 is 86.6. The van der Waals surface area contributed by atoms with Gasteiger partial charge < -0.3 is 14.6 Å². The van der Waals surface area contributed by atoms with Crippen LogP contribution >= 0.6 is 23.2 Å². The molecule has 2 amide bonds. The number of rotatable bonds is 5. The first kappa shape index (κ1) is 32.4. The van der Waals surface area contributed by atoms with Gasteiger partial charge in [-0.15, -0.1) is 0 Å². The third kappa shape index (κ3) is 7.45. The number of carbonyl (C=O) groups excluding carboxylic acids is 2. The zero-order chi connectivity index (χ0) is 32.7. The molecule has 2 atom stereocenters. The van der Waals surface area contributed by atoms with Crippen molar-refractivity contribution in [2.75, 3.05) is 6.54 Å². The fraction of sp³-hybridized carbons (Fsp3) is 0.258. The van der Waals surface area contributed by atoms with Gasteiger partial charge in [0, 0.05) is 40.3 Å². The van der Waals surface area contributed by atoms with Crippen LogP contribution in [0.3, 0.4) is 0 Å². The second kappa shape index (κ2) is 12.4. The third-order valence-corrected chi connectivity index (χ3v) is 7.93. The van der Waals surface area contributed by atoms with Gasteiger partial charge in [0.25, 0.3) is 11.8 Å². The molecule has 0 unspecified atom stereocenters. The van der Waals surface area contributed by atoms with E-state index in [-0.39, 0.29) is 48.6 Å². The second-order valence-corrected chi connectivity index (χ2v) is 11.5. The lowest BCUT2D eigenvalue weighted by Gasteiger charge is -2.40. The maximum Gasteiger partial charge on any atom is 0.416 e. The molecule has 0 aliphatic carbocycles. The van der Waals surface area contributed by atoms with Crippen LogP contribution < -0.4 is 10.7 Å². The first-order valence-corrected chi connectivity index (χ1v) is 14.2. The molecule has 0 radical (unpaired) electrons. The van der Waals surface area contributed by atoms with Gasteiger partial charge in [-0.05, 0) is 73.4 Å². The van der Waals surface area contributed by atoms with Gasteiger partial charge in [-0.25, -0.2) is 0 Å². The molecule has 6 nitrogen and oxygen atoms in total. The highest BCUT2D eigenvalue weighted by Crippen LogP contribution is 2.37. The van der Waals surface area contributed by atoms with Gasteiger partial charge >= 0.3 is 12.4 Å². The number of amides is 2. The van der Waals surface area contributed by atoms with Crippen LogP contribution in [0.4, 0.5) is 26.3 Å². The molecule has 0 saturated carbocycles. The number of piperidine rings is 1. The van der Waals surface area contributed by atoms with E-state index in [1.807, 2.05) is 0 Å². The van der Waals surface area contributed by atoms with Crippen molar-refractivity contribution in [1.82, 2.24) is 10.2 Å². The number of nitrogens with zero attached hydrogens (tertiary/aromatic N) is 1.